The molecule has 3 N–H and O–H groups in total. The molecule has 0 amide bonds. The fourth-order valence-corrected chi connectivity index (χ4v) is 4.46. The highest BCUT2D eigenvalue weighted by Crippen LogP contribution is 2.32. The van der Waals surface area contributed by atoms with Gasteiger partial charge in [0.05, 0.1) is 35.4 Å². The number of hydrogen-bond donors (Lipinski definition) is 3. The molecule has 1 aromatic heterocycles. The van der Waals surface area contributed by atoms with Gasteiger partial charge in [-0.25, -0.2) is 9.79 Å². The maximum Gasteiger partial charge on any atom is 0.337 e. The van der Waals surface area contributed by atoms with Gasteiger partial charge >= 0.3 is 5.97 Å². The topological polar surface area (TPSA) is 136 Å². The Labute approximate surface area is 239 Å². The van der Waals surface area contributed by atoms with Crippen LogP contribution in [0.5, 0.6) is 5.88 Å². The number of nitrogens with zero attached hydrogens (tertiary/aromatic N) is 3. The number of fused-ring (bicyclic) bond motifs is 1. The second-order valence-electron chi connectivity index (χ2n) is 9.60. The lowest BCUT2D eigenvalue weighted by Gasteiger charge is -2.34. The van der Waals surface area contributed by atoms with Gasteiger partial charge < -0.3 is 24.6 Å². The summed E-state index contributed by atoms with van der Waals surface area (Å²) in [6, 6.07) is 23.2. The van der Waals surface area contributed by atoms with E-state index in [0.29, 0.717) is 22.4 Å². The summed E-state index contributed by atoms with van der Waals surface area (Å²) in [5, 5.41) is 11.7. The van der Waals surface area contributed by atoms with Gasteiger partial charge in [-0.1, -0.05) is 36.4 Å². The lowest BCUT2D eigenvalue weighted by molar-refractivity contribution is 0.0601. The molecule has 0 spiro atoms. The molecule has 11 heteroatoms. The fourth-order valence-electron chi connectivity index (χ4n) is 4.46. The second kappa shape index (κ2) is 13.0. The highest BCUT2D eigenvalue weighted by Gasteiger charge is 2.20. The number of methoxy groups -OCH3 is 1. The van der Waals surface area contributed by atoms with E-state index in [-0.39, 0.29) is 11.6 Å². The van der Waals surface area contributed by atoms with Crippen molar-refractivity contribution in [3.63, 3.8) is 0 Å². The zero-order valence-corrected chi connectivity index (χ0v) is 24.1. The summed E-state index contributed by atoms with van der Waals surface area (Å²) in [5.41, 5.74) is 5.13. The minimum absolute atomic E-state index is 0.00123. The quantitative estimate of drug-likeness (QED) is 0.173. The molecule has 0 bridgehead atoms. The summed E-state index contributed by atoms with van der Waals surface area (Å²) in [6.07, 6.45) is 0. The van der Waals surface area contributed by atoms with E-state index in [1.54, 1.807) is 12.1 Å². The number of aromatic nitrogens is 1. The van der Waals surface area contributed by atoms with Crippen LogP contribution in [0.25, 0.3) is 10.9 Å². The first-order chi connectivity index (χ1) is 19.6. The largest absolute Gasteiger partial charge is 0.494 e. The minimum atomic E-state index is -3.66. The Morgan fingerprint density at radius 2 is 1.61 bits per heavy atom. The highest BCUT2D eigenvalue weighted by molar-refractivity contribution is 7.85. The Morgan fingerprint density at radius 3 is 2.20 bits per heavy atom. The third-order valence-corrected chi connectivity index (χ3v) is 7.54. The van der Waals surface area contributed by atoms with Gasteiger partial charge in [0.15, 0.2) is 5.88 Å². The average Bonchev–Trinajstić information content (AvgIpc) is 3.31. The first-order valence-corrected chi connectivity index (χ1v) is 14.8. The second-order valence-corrected chi connectivity index (χ2v) is 11.3. The van der Waals surface area contributed by atoms with Crippen LogP contribution in [0.15, 0.2) is 77.8 Å². The number of H-pyrrole nitrogens is 1. The van der Waals surface area contributed by atoms with Crippen LogP contribution in [0.2, 0.25) is 0 Å². The van der Waals surface area contributed by atoms with Crippen LogP contribution in [0.4, 0.5) is 11.4 Å². The van der Waals surface area contributed by atoms with Crippen molar-refractivity contribution in [2.45, 2.75) is 6.92 Å². The fraction of sp³-hybridized carbons (Fsp3) is 0.267. The monoisotopic (exact) mass is 578 g/mol. The van der Waals surface area contributed by atoms with Crippen molar-refractivity contribution in [2.24, 2.45) is 4.99 Å². The summed E-state index contributed by atoms with van der Waals surface area (Å²) in [4.78, 5) is 24.7. The van der Waals surface area contributed by atoms with Crippen molar-refractivity contribution < 1.29 is 27.6 Å². The lowest BCUT2D eigenvalue weighted by atomic mass is 10.00. The van der Waals surface area contributed by atoms with Crippen LogP contribution >= 0.6 is 0 Å². The maximum absolute atomic E-state index is 12.0. The number of aromatic amines is 1. The molecule has 1 saturated heterocycles. The molecule has 0 saturated carbocycles. The SMILES string of the molecule is CCS(=O)(=O)O.COC(=O)c1ccc2c(C(=Nc3ccc(N4CCN(C)CC4)cc3)c3ccccc3)c(O)[nH]c2c1. The number of aromatic hydroxyl groups is 1. The molecule has 0 radical (unpaired) electrons. The molecule has 1 fully saturated rings. The third kappa shape index (κ3) is 7.51. The van der Waals surface area contributed by atoms with Gasteiger partial charge in [0.2, 0.25) is 0 Å². The molecule has 0 aliphatic carbocycles. The molecule has 2 heterocycles. The number of rotatable bonds is 6. The Balaban J connectivity index is 0.000000585. The van der Waals surface area contributed by atoms with Crippen LogP contribution in [0, 0.1) is 0 Å². The zero-order chi connectivity index (χ0) is 29.6. The summed E-state index contributed by atoms with van der Waals surface area (Å²) >= 11 is 0. The molecular formula is C30H34N4O6S. The molecule has 5 rings (SSSR count). The van der Waals surface area contributed by atoms with Crippen molar-refractivity contribution >= 4 is 44.1 Å². The molecule has 41 heavy (non-hydrogen) atoms. The van der Waals surface area contributed by atoms with Gasteiger partial charge in [-0.2, -0.15) is 8.42 Å². The van der Waals surface area contributed by atoms with E-state index in [4.69, 9.17) is 14.3 Å². The summed E-state index contributed by atoms with van der Waals surface area (Å²) in [6.45, 7) is 5.48. The van der Waals surface area contributed by atoms with E-state index < -0.39 is 16.1 Å². The van der Waals surface area contributed by atoms with Crippen molar-refractivity contribution in [3.8, 4) is 5.88 Å². The van der Waals surface area contributed by atoms with Crippen LogP contribution < -0.4 is 4.90 Å². The molecule has 216 valence electrons. The van der Waals surface area contributed by atoms with Gasteiger partial charge in [0.1, 0.15) is 0 Å². The Kier molecular flexibility index (Phi) is 9.43. The van der Waals surface area contributed by atoms with Crippen molar-refractivity contribution in [1.82, 2.24) is 9.88 Å². The number of nitrogens with one attached hydrogen (secondary N) is 1. The van der Waals surface area contributed by atoms with Gasteiger partial charge in [0, 0.05) is 48.3 Å². The molecule has 0 atom stereocenters. The molecule has 4 aromatic rings. The van der Waals surface area contributed by atoms with Crippen LogP contribution in [-0.2, 0) is 14.9 Å². The summed E-state index contributed by atoms with van der Waals surface area (Å²) < 4.78 is 31.7. The van der Waals surface area contributed by atoms with Crippen LogP contribution in [-0.4, -0.2) is 85.7 Å². The first-order valence-electron chi connectivity index (χ1n) is 13.2. The van der Waals surface area contributed by atoms with E-state index in [2.05, 4.69) is 34.0 Å². The first kappa shape index (κ1) is 29.8. The number of carbonyl (C=O) groups is 1. The van der Waals surface area contributed by atoms with Crippen LogP contribution in [0.1, 0.15) is 28.4 Å². The maximum atomic E-state index is 12.0. The third-order valence-electron chi connectivity index (χ3n) is 6.81. The molecule has 3 aromatic carbocycles. The number of hydrogen-bond acceptors (Lipinski definition) is 8. The predicted octanol–water partition coefficient (Wildman–Crippen LogP) is 4.48. The van der Waals surface area contributed by atoms with E-state index in [1.165, 1.54) is 19.7 Å². The van der Waals surface area contributed by atoms with Gasteiger partial charge in [-0.15, -0.1) is 0 Å². The van der Waals surface area contributed by atoms with E-state index in [0.717, 1.165) is 42.8 Å². The summed E-state index contributed by atoms with van der Waals surface area (Å²) in [5.74, 6) is -0.633. The number of benzene rings is 3. The van der Waals surface area contributed by atoms with E-state index in [9.17, 15) is 18.3 Å². The van der Waals surface area contributed by atoms with Crippen molar-refractivity contribution in [3.05, 3.63) is 89.5 Å². The minimum Gasteiger partial charge on any atom is -0.494 e. The highest BCUT2D eigenvalue weighted by atomic mass is 32.2. The normalized spacial score (nSPS) is 14.4. The molecular weight excluding hydrogens is 544 g/mol. The van der Waals surface area contributed by atoms with Gasteiger partial charge in [-0.3, -0.25) is 4.55 Å². The Hall–Kier alpha value is -4.19. The Morgan fingerprint density at radius 1 is 0.976 bits per heavy atom. The summed E-state index contributed by atoms with van der Waals surface area (Å²) in [7, 11) is -0.166. The molecule has 10 nitrogen and oxygen atoms in total. The van der Waals surface area contributed by atoms with E-state index in [1.807, 2.05) is 48.5 Å². The number of ether oxygens (including phenoxy) is 1. The Bertz CT molecular complexity index is 1630. The number of anilines is 1. The standard InChI is InChI=1S/C28H28N4O3.C2H6O3S/c1-31-14-16-32(17-15-31)22-11-9-21(10-12-22)29-26(19-6-4-3-5-7-19)25-23-13-8-20(28(34)35-2)18-24(23)30-27(25)33;1-2-6(3,4)5/h3-13,18,30,33H,14-17H2,1-2H3;2H2,1H3,(H,3,4,5). The predicted molar refractivity (Wildman–Crippen MR) is 161 cm³/mol. The van der Waals surface area contributed by atoms with Gasteiger partial charge in [-0.05, 0) is 50.4 Å². The van der Waals surface area contributed by atoms with Gasteiger partial charge in [0.25, 0.3) is 10.1 Å². The lowest BCUT2D eigenvalue weighted by Crippen LogP contribution is -2.44. The van der Waals surface area contributed by atoms with Crippen molar-refractivity contribution in [1.29, 1.82) is 0 Å². The number of carbonyl (C=O) groups excluding carboxylic acids is 1. The van der Waals surface area contributed by atoms with E-state index >= 15 is 0 Å². The molecule has 0 unspecified atom stereocenters. The molecule has 1 aliphatic rings. The zero-order valence-electron chi connectivity index (χ0n) is 23.2. The number of piperazine rings is 1. The number of esters is 1. The van der Waals surface area contributed by atoms with Crippen molar-refractivity contribution in [2.75, 3.05) is 51.0 Å². The number of aliphatic imine (C=N–C) groups is 1. The number of likely N-dealkylation sites (N-methyl/N-ethyl adjacent to an activating group) is 1. The molecule has 1 aliphatic heterocycles. The average molecular weight is 579 g/mol. The van der Waals surface area contributed by atoms with Crippen LogP contribution in [0.3, 0.4) is 0 Å². The smallest absolute Gasteiger partial charge is 0.337 e.